The van der Waals surface area contributed by atoms with Crippen molar-refractivity contribution in [2.75, 3.05) is 6.61 Å². The lowest BCUT2D eigenvalue weighted by atomic mass is 10.1. The molecule has 0 atom stereocenters. The van der Waals surface area contributed by atoms with Gasteiger partial charge in [-0.1, -0.05) is 59.1 Å². The van der Waals surface area contributed by atoms with Crippen molar-refractivity contribution in [3.05, 3.63) is 90.8 Å². The van der Waals surface area contributed by atoms with E-state index in [-0.39, 0.29) is 12.4 Å². The van der Waals surface area contributed by atoms with Crippen LogP contribution in [0.25, 0.3) is 0 Å². The smallest absolute Gasteiger partial charge is 0.175 e. The van der Waals surface area contributed by atoms with E-state index in [0.717, 1.165) is 26.2 Å². The molecule has 0 saturated heterocycles. The summed E-state index contributed by atoms with van der Waals surface area (Å²) in [5.74, 6) is 1.31. The summed E-state index contributed by atoms with van der Waals surface area (Å²) in [4.78, 5) is 0. The Bertz CT molecular complexity index is 1020. The van der Waals surface area contributed by atoms with Crippen LogP contribution in [0, 0.1) is 0 Å². The third kappa shape index (κ3) is 7.45. The van der Waals surface area contributed by atoms with Crippen molar-refractivity contribution < 1.29 is 9.47 Å². The maximum Gasteiger partial charge on any atom is 0.175 e. The van der Waals surface area contributed by atoms with Crippen LogP contribution in [0.3, 0.4) is 0 Å². The molecule has 8 heteroatoms. The average Bonchev–Trinajstić information content (AvgIpc) is 2.70. The van der Waals surface area contributed by atoms with Gasteiger partial charge in [-0.05, 0) is 64.3 Å². The second-order valence-electron chi connectivity index (χ2n) is 6.56. The van der Waals surface area contributed by atoms with Crippen LogP contribution < -0.4 is 14.8 Å². The molecular weight excluding hydrogens is 544 g/mol. The van der Waals surface area contributed by atoms with Crippen molar-refractivity contribution in [3.63, 3.8) is 0 Å². The standard InChI is InChI=1S/C23H21BrCl3NO2.ClH/c1-2-29-22-10-15(12-28-13-16-5-3-4-6-20(16)26)9-19(24)23(22)30-14-17-7-8-18(25)11-21(17)27;/h3-11,28H,2,12-14H2,1H3;1H. The van der Waals surface area contributed by atoms with Crippen LogP contribution in [0.1, 0.15) is 23.6 Å². The van der Waals surface area contributed by atoms with Crippen LogP contribution in [0.15, 0.2) is 59.1 Å². The third-order valence-electron chi connectivity index (χ3n) is 4.36. The monoisotopic (exact) mass is 563 g/mol. The van der Waals surface area contributed by atoms with E-state index < -0.39 is 0 Å². The van der Waals surface area contributed by atoms with Gasteiger partial charge in [0.1, 0.15) is 6.61 Å². The number of hydrogen-bond acceptors (Lipinski definition) is 3. The highest BCUT2D eigenvalue weighted by molar-refractivity contribution is 9.10. The quantitative estimate of drug-likeness (QED) is 0.284. The predicted molar refractivity (Wildman–Crippen MR) is 135 cm³/mol. The van der Waals surface area contributed by atoms with Gasteiger partial charge >= 0.3 is 0 Å². The molecule has 166 valence electrons. The Morgan fingerprint density at radius 3 is 2.35 bits per heavy atom. The maximum atomic E-state index is 6.26. The number of nitrogens with one attached hydrogen (secondary N) is 1. The summed E-state index contributed by atoms with van der Waals surface area (Å²) in [5.41, 5.74) is 2.97. The van der Waals surface area contributed by atoms with Crippen molar-refractivity contribution in [3.8, 4) is 11.5 Å². The van der Waals surface area contributed by atoms with Crippen LogP contribution in [0.4, 0.5) is 0 Å². The Hall–Kier alpha value is -1.14. The highest BCUT2D eigenvalue weighted by Crippen LogP contribution is 2.38. The van der Waals surface area contributed by atoms with Gasteiger partial charge < -0.3 is 14.8 Å². The Balaban J connectivity index is 0.00000341. The molecule has 0 spiro atoms. The molecule has 0 unspecified atom stereocenters. The molecule has 0 bridgehead atoms. The molecule has 0 fully saturated rings. The molecule has 31 heavy (non-hydrogen) atoms. The van der Waals surface area contributed by atoms with Crippen molar-refractivity contribution >= 4 is 63.1 Å². The third-order valence-corrected chi connectivity index (χ3v) is 5.90. The van der Waals surface area contributed by atoms with Gasteiger partial charge in [0.15, 0.2) is 11.5 Å². The lowest BCUT2D eigenvalue weighted by molar-refractivity contribution is 0.267. The number of halogens is 5. The Labute approximate surface area is 212 Å². The highest BCUT2D eigenvalue weighted by atomic mass is 79.9. The van der Waals surface area contributed by atoms with Crippen LogP contribution in [0.2, 0.25) is 15.1 Å². The molecule has 3 aromatic carbocycles. The second-order valence-corrected chi connectivity index (χ2v) is 8.66. The van der Waals surface area contributed by atoms with Gasteiger partial charge in [-0.3, -0.25) is 0 Å². The summed E-state index contributed by atoms with van der Waals surface area (Å²) in [7, 11) is 0. The maximum absolute atomic E-state index is 6.26. The Morgan fingerprint density at radius 1 is 0.871 bits per heavy atom. The minimum Gasteiger partial charge on any atom is -0.490 e. The van der Waals surface area contributed by atoms with Gasteiger partial charge in [0.05, 0.1) is 11.1 Å². The molecule has 0 aliphatic rings. The highest BCUT2D eigenvalue weighted by Gasteiger charge is 2.14. The molecule has 0 amide bonds. The minimum atomic E-state index is 0. The zero-order chi connectivity index (χ0) is 21.5. The zero-order valence-corrected chi connectivity index (χ0v) is 21.4. The molecule has 3 rings (SSSR count). The lowest BCUT2D eigenvalue weighted by Gasteiger charge is -2.16. The molecule has 0 aliphatic heterocycles. The summed E-state index contributed by atoms with van der Waals surface area (Å²) < 4.78 is 12.7. The fourth-order valence-electron chi connectivity index (χ4n) is 2.90. The summed E-state index contributed by atoms with van der Waals surface area (Å²) in [6, 6.07) is 17.1. The van der Waals surface area contributed by atoms with E-state index in [4.69, 9.17) is 44.3 Å². The summed E-state index contributed by atoms with van der Waals surface area (Å²) in [6.07, 6.45) is 0. The van der Waals surface area contributed by atoms with Gasteiger partial charge in [-0.2, -0.15) is 0 Å². The molecule has 0 heterocycles. The first-order valence-electron chi connectivity index (χ1n) is 9.44. The molecule has 3 aromatic rings. The number of hydrogen-bond donors (Lipinski definition) is 1. The van der Waals surface area contributed by atoms with Crippen molar-refractivity contribution in [1.29, 1.82) is 0 Å². The first kappa shape index (κ1) is 26.1. The second kappa shape index (κ2) is 12.8. The molecule has 0 aliphatic carbocycles. The summed E-state index contributed by atoms with van der Waals surface area (Å²) in [6.45, 7) is 4.11. The van der Waals surface area contributed by atoms with Gasteiger partial charge in [0.25, 0.3) is 0 Å². The molecule has 0 radical (unpaired) electrons. The van der Waals surface area contributed by atoms with Crippen LogP contribution in [0.5, 0.6) is 11.5 Å². The summed E-state index contributed by atoms with van der Waals surface area (Å²) >= 11 is 22.1. The van der Waals surface area contributed by atoms with E-state index in [0.29, 0.717) is 47.8 Å². The SMILES string of the molecule is CCOc1cc(CNCc2ccccc2Cl)cc(Br)c1OCc1ccc(Cl)cc1Cl.Cl. The number of benzene rings is 3. The van der Waals surface area contributed by atoms with Crippen LogP contribution in [-0.2, 0) is 19.7 Å². The first-order valence-corrected chi connectivity index (χ1v) is 11.4. The largest absolute Gasteiger partial charge is 0.490 e. The zero-order valence-electron chi connectivity index (χ0n) is 16.8. The molecular formula is C23H22BrCl4NO2. The minimum absolute atomic E-state index is 0. The van der Waals surface area contributed by atoms with Gasteiger partial charge in [0, 0.05) is 33.7 Å². The molecule has 1 N–H and O–H groups in total. The topological polar surface area (TPSA) is 30.5 Å². The van der Waals surface area contributed by atoms with E-state index in [2.05, 4.69) is 21.2 Å². The van der Waals surface area contributed by atoms with E-state index in [1.165, 1.54) is 0 Å². The fourth-order valence-corrected chi connectivity index (χ4v) is 4.17. The van der Waals surface area contributed by atoms with E-state index >= 15 is 0 Å². The normalized spacial score (nSPS) is 10.5. The van der Waals surface area contributed by atoms with Crippen molar-refractivity contribution in [1.82, 2.24) is 5.32 Å². The number of ether oxygens (including phenoxy) is 2. The lowest BCUT2D eigenvalue weighted by Crippen LogP contribution is -2.13. The molecule has 0 saturated carbocycles. The fraction of sp³-hybridized carbons (Fsp3) is 0.217. The predicted octanol–water partition coefficient (Wildman–Crippen LogP) is 8.10. The average molecular weight is 566 g/mol. The first-order chi connectivity index (χ1) is 14.5. The number of rotatable bonds is 9. The van der Waals surface area contributed by atoms with E-state index in [1.54, 1.807) is 12.1 Å². The van der Waals surface area contributed by atoms with Crippen LogP contribution in [-0.4, -0.2) is 6.61 Å². The van der Waals surface area contributed by atoms with Crippen LogP contribution >= 0.6 is 63.1 Å². The Morgan fingerprint density at radius 2 is 1.65 bits per heavy atom. The van der Waals surface area contributed by atoms with Crippen molar-refractivity contribution in [2.24, 2.45) is 0 Å². The van der Waals surface area contributed by atoms with Gasteiger partial charge in [-0.25, -0.2) is 0 Å². The molecule has 3 nitrogen and oxygen atoms in total. The Kier molecular flexibility index (Phi) is 10.8. The van der Waals surface area contributed by atoms with Crippen molar-refractivity contribution in [2.45, 2.75) is 26.6 Å². The van der Waals surface area contributed by atoms with Gasteiger partial charge in [-0.15, -0.1) is 12.4 Å². The van der Waals surface area contributed by atoms with E-state index in [1.807, 2.05) is 49.4 Å². The molecule has 0 aromatic heterocycles. The van der Waals surface area contributed by atoms with E-state index in [9.17, 15) is 0 Å². The summed E-state index contributed by atoms with van der Waals surface area (Å²) in [5, 5.41) is 5.33. The van der Waals surface area contributed by atoms with Gasteiger partial charge in [0.2, 0.25) is 0 Å².